The fourth-order valence-electron chi connectivity index (χ4n) is 4.03. The van der Waals surface area contributed by atoms with Gasteiger partial charge < -0.3 is 22.1 Å². The first kappa shape index (κ1) is 26.4. The van der Waals surface area contributed by atoms with E-state index >= 15 is 0 Å². The van der Waals surface area contributed by atoms with Crippen molar-refractivity contribution < 1.29 is 36.5 Å². The van der Waals surface area contributed by atoms with E-state index in [2.05, 4.69) is 6.58 Å². The van der Waals surface area contributed by atoms with Gasteiger partial charge in [-0.05, 0) is 30.5 Å². The van der Waals surface area contributed by atoms with E-state index in [1.54, 1.807) is 0 Å². The van der Waals surface area contributed by atoms with E-state index in [0.717, 1.165) is 22.1 Å². The number of carbonyl (C=O) groups excluding carboxylic acids is 3. The molecular weight excluding hydrogens is 484 g/mol. The Bertz CT molecular complexity index is 1050. The summed E-state index contributed by atoms with van der Waals surface area (Å²) in [6, 6.07) is 16.6. The molecule has 0 saturated heterocycles. The van der Waals surface area contributed by atoms with Gasteiger partial charge in [0.15, 0.2) is 0 Å². The number of rotatable bonds is 10. The number of hydrogen-bond acceptors (Lipinski definition) is 8. The average molecular weight is 515 g/mol. The number of benzene rings is 2. The van der Waals surface area contributed by atoms with Crippen LogP contribution in [0.15, 0.2) is 61.2 Å². The van der Waals surface area contributed by atoms with Crippen LogP contribution >= 0.6 is 0 Å². The van der Waals surface area contributed by atoms with Gasteiger partial charge in [-0.2, -0.15) is 0 Å². The summed E-state index contributed by atoms with van der Waals surface area (Å²) in [7, 11) is -6.52. The van der Waals surface area contributed by atoms with Crippen LogP contribution in [0.3, 0.4) is 0 Å². The Balaban J connectivity index is 1.73. The van der Waals surface area contributed by atoms with Gasteiger partial charge in [-0.3, -0.25) is 14.4 Å². The summed E-state index contributed by atoms with van der Waals surface area (Å²) >= 11 is 0. The number of allylic oxidation sites excluding steroid dienone is 1. The van der Waals surface area contributed by atoms with Crippen molar-refractivity contribution in [3.63, 3.8) is 0 Å². The number of aryl methyl sites for hydroxylation is 1. The standard InChI is InChI=1S/C25H30O8Si2/c1-5-15-34(24-11-7-6-8-12-24)29-18-23-17-22(13-14-25(23)33-34)10-9-16-35(30-19(2)26,31-20(3)27)32-21(4)28/h5-8,11-14,17H,1,9-10,15-16,18H2,2-4H3. The second-order valence-electron chi connectivity index (χ2n) is 8.26. The maximum absolute atomic E-state index is 11.6. The third kappa shape index (κ3) is 6.90. The van der Waals surface area contributed by atoms with Gasteiger partial charge in [0.25, 0.3) is 17.9 Å². The zero-order chi connectivity index (χ0) is 25.5. The molecule has 0 aliphatic carbocycles. The number of carbonyl (C=O) groups is 3. The van der Waals surface area contributed by atoms with Crippen LogP contribution in [0.1, 0.15) is 38.3 Å². The van der Waals surface area contributed by atoms with Crippen molar-refractivity contribution >= 4 is 40.5 Å². The molecule has 1 atom stereocenters. The van der Waals surface area contributed by atoms with Crippen molar-refractivity contribution in [3.05, 3.63) is 72.3 Å². The molecule has 3 rings (SSSR count). The van der Waals surface area contributed by atoms with Crippen LogP contribution in [0.4, 0.5) is 0 Å². The van der Waals surface area contributed by atoms with Crippen molar-refractivity contribution in [2.24, 2.45) is 0 Å². The predicted octanol–water partition coefficient (Wildman–Crippen LogP) is 3.69. The molecule has 0 aromatic heterocycles. The molecule has 1 aliphatic rings. The van der Waals surface area contributed by atoms with Crippen molar-refractivity contribution in [2.45, 2.75) is 52.3 Å². The molecular formula is C25H30O8Si2. The van der Waals surface area contributed by atoms with Crippen LogP contribution in [0.5, 0.6) is 5.75 Å². The Morgan fingerprint density at radius 3 is 2.20 bits per heavy atom. The molecule has 0 bridgehead atoms. The summed E-state index contributed by atoms with van der Waals surface area (Å²) in [4.78, 5) is 34.9. The Morgan fingerprint density at radius 2 is 1.63 bits per heavy atom. The van der Waals surface area contributed by atoms with Crippen LogP contribution in [0, 0.1) is 0 Å². The quantitative estimate of drug-likeness (QED) is 0.350. The van der Waals surface area contributed by atoms with E-state index in [9.17, 15) is 14.4 Å². The molecule has 1 aliphatic heterocycles. The van der Waals surface area contributed by atoms with Gasteiger partial charge in [0.1, 0.15) is 5.75 Å². The van der Waals surface area contributed by atoms with E-state index in [-0.39, 0.29) is 6.04 Å². The molecule has 1 unspecified atom stereocenters. The molecule has 2 aromatic rings. The minimum Gasteiger partial charge on any atom is -0.517 e. The smallest absolute Gasteiger partial charge is 0.517 e. The molecule has 0 amide bonds. The average Bonchev–Trinajstić information content (AvgIpc) is 2.78. The van der Waals surface area contributed by atoms with E-state index in [1.165, 1.54) is 20.8 Å². The molecule has 0 N–H and O–H groups in total. The van der Waals surface area contributed by atoms with Crippen LogP contribution in [-0.2, 0) is 45.1 Å². The van der Waals surface area contributed by atoms with Gasteiger partial charge >= 0.3 is 17.4 Å². The van der Waals surface area contributed by atoms with Crippen LogP contribution in [-0.4, -0.2) is 35.3 Å². The maximum Gasteiger partial charge on any atom is 0.705 e. The summed E-state index contributed by atoms with van der Waals surface area (Å²) in [5, 5.41) is 1.05. The van der Waals surface area contributed by atoms with E-state index in [4.69, 9.17) is 22.1 Å². The molecule has 35 heavy (non-hydrogen) atoms. The number of hydrogen-bond donors (Lipinski definition) is 0. The van der Waals surface area contributed by atoms with Gasteiger partial charge in [-0.25, -0.2) is 0 Å². The Hall–Kier alpha value is -3.22. The third-order valence-electron chi connectivity index (χ3n) is 5.33. The second-order valence-corrected chi connectivity index (χ2v) is 13.7. The Labute approximate surface area is 207 Å². The molecule has 186 valence electrons. The minimum atomic E-state index is -3.83. The summed E-state index contributed by atoms with van der Waals surface area (Å²) in [6.07, 6.45) is 2.89. The first-order valence-corrected chi connectivity index (χ1v) is 15.3. The van der Waals surface area contributed by atoms with Gasteiger partial charge in [0.2, 0.25) is 0 Å². The van der Waals surface area contributed by atoms with E-state index in [0.29, 0.717) is 25.5 Å². The van der Waals surface area contributed by atoms with Crippen molar-refractivity contribution in [1.82, 2.24) is 0 Å². The SMILES string of the molecule is C=CC[Si]1(c2ccccc2)OCc2cc(CCC[Si](OC(C)=O)(OC(C)=O)OC(C)=O)ccc2O1. The fraction of sp³-hybridized carbons (Fsp3) is 0.320. The molecule has 0 spiro atoms. The predicted molar refractivity (Wildman–Crippen MR) is 133 cm³/mol. The van der Waals surface area contributed by atoms with Gasteiger partial charge in [0, 0.05) is 37.6 Å². The van der Waals surface area contributed by atoms with Crippen molar-refractivity contribution in [2.75, 3.05) is 0 Å². The lowest BCUT2D eigenvalue weighted by Gasteiger charge is -2.35. The normalized spacial score (nSPS) is 16.9. The lowest BCUT2D eigenvalue weighted by Crippen LogP contribution is -2.57. The molecule has 1 heterocycles. The molecule has 10 heteroatoms. The minimum absolute atomic E-state index is 0.124. The third-order valence-corrected chi connectivity index (χ3v) is 11.3. The van der Waals surface area contributed by atoms with E-state index < -0.39 is 35.3 Å². The summed E-state index contributed by atoms with van der Waals surface area (Å²) in [5.74, 6) is -1.23. The second kappa shape index (κ2) is 11.5. The highest BCUT2D eigenvalue weighted by Crippen LogP contribution is 2.32. The summed E-state index contributed by atoms with van der Waals surface area (Å²) in [5.41, 5.74) is 1.94. The van der Waals surface area contributed by atoms with Crippen LogP contribution in [0.2, 0.25) is 12.1 Å². The molecule has 8 nitrogen and oxygen atoms in total. The van der Waals surface area contributed by atoms with Crippen LogP contribution in [0.25, 0.3) is 0 Å². The Kier molecular flexibility index (Phi) is 8.65. The zero-order valence-electron chi connectivity index (χ0n) is 20.2. The molecule has 0 radical (unpaired) electrons. The Morgan fingerprint density at radius 1 is 1.00 bits per heavy atom. The van der Waals surface area contributed by atoms with E-state index in [1.807, 2.05) is 54.6 Å². The topological polar surface area (TPSA) is 97.4 Å². The summed E-state index contributed by atoms with van der Waals surface area (Å²) in [6.45, 7) is 7.86. The van der Waals surface area contributed by atoms with Gasteiger partial charge in [-0.15, -0.1) is 6.58 Å². The first-order valence-electron chi connectivity index (χ1n) is 11.4. The molecule has 2 aromatic carbocycles. The highest BCUT2D eigenvalue weighted by atomic mass is 28.4. The lowest BCUT2D eigenvalue weighted by molar-refractivity contribution is -0.147. The first-order chi connectivity index (χ1) is 16.7. The largest absolute Gasteiger partial charge is 0.705 e. The van der Waals surface area contributed by atoms with Crippen molar-refractivity contribution in [3.8, 4) is 5.75 Å². The molecule has 0 fully saturated rings. The van der Waals surface area contributed by atoms with Gasteiger partial charge in [-0.1, -0.05) is 42.5 Å². The van der Waals surface area contributed by atoms with Crippen LogP contribution < -0.4 is 9.61 Å². The lowest BCUT2D eigenvalue weighted by atomic mass is 10.1. The van der Waals surface area contributed by atoms with Gasteiger partial charge in [0.05, 0.1) is 12.7 Å². The fourth-order valence-corrected chi connectivity index (χ4v) is 9.19. The number of fused-ring (bicyclic) bond motifs is 1. The highest BCUT2D eigenvalue weighted by Gasteiger charge is 2.51. The highest BCUT2D eigenvalue weighted by molar-refractivity contribution is 6.82. The monoisotopic (exact) mass is 514 g/mol. The maximum atomic E-state index is 11.6. The van der Waals surface area contributed by atoms with Crippen molar-refractivity contribution in [1.29, 1.82) is 0 Å². The summed E-state index contributed by atoms with van der Waals surface area (Å²) < 4.78 is 28.6. The molecule has 0 saturated carbocycles. The zero-order valence-corrected chi connectivity index (χ0v) is 22.2.